The smallest absolute Gasteiger partial charge is 0.284 e. The van der Waals surface area contributed by atoms with Crippen molar-refractivity contribution in [1.29, 1.82) is 0 Å². The molecule has 1 N–H and O–H groups in total. The molecule has 2 heterocycles. The Kier molecular flexibility index (Phi) is 3.65. The number of imide groups is 1. The molecule has 1 aliphatic heterocycles. The van der Waals surface area contributed by atoms with Crippen LogP contribution in [0.3, 0.4) is 0 Å². The quantitative estimate of drug-likeness (QED) is 0.883. The number of benzene rings is 1. The first-order chi connectivity index (χ1) is 11.0. The third kappa shape index (κ3) is 2.59. The van der Waals surface area contributed by atoms with Crippen LogP contribution >= 0.6 is 0 Å². The minimum absolute atomic E-state index is 0.133. The Labute approximate surface area is 133 Å². The fourth-order valence-corrected chi connectivity index (χ4v) is 2.31. The predicted octanol–water partition coefficient (Wildman–Crippen LogP) is 2.48. The molecule has 1 aromatic heterocycles. The summed E-state index contributed by atoms with van der Waals surface area (Å²) in [5, 5.41) is 2.75. The molecule has 0 unspecified atom stereocenters. The molecule has 0 radical (unpaired) electrons. The van der Waals surface area contributed by atoms with Crippen LogP contribution in [0.4, 0.5) is 11.4 Å². The second-order valence-electron chi connectivity index (χ2n) is 5.54. The summed E-state index contributed by atoms with van der Waals surface area (Å²) in [5.41, 5.74) is 1.37. The number of nitrogens with one attached hydrogen (secondary N) is 1. The maximum absolute atomic E-state index is 12.4. The number of nitrogens with zero attached hydrogens (tertiary/aromatic N) is 2. The monoisotopic (exact) mass is 309 g/mol. The van der Waals surface area contributed by atoms with E-state index in [1.54, 1.807) is 50.2 Å². The molecular weight excluding hydrogens is 294 g/mol. The third-order valence-corrected chi connectivity index (χ3v) is 3.54. The third-order valence-electron chi connectivity index (χ3n) is 3.54. The zero-order valence-corrected chi connectivity index (χ0v) is 12.7. The van der Waals surface area contributed by atoms with Gasteiger partial charge in [-0.05, 0) is 30.3 Å². The Bertz CT molecular complexity index is 779. The molecule has 0 aliphatic carbocycles. The van der Waals surface area contributed by atoms with Crippen molar-refractivity contribution in [3.63, 3.8) is 0 Å². The highest BCUT2D eigenvalue weighted by Gasteiger charge is 2.37. The van der Waals surface area contributed by atoms with Gasteiger partial charge in [0.05, 0.1) is 11.3 Å². The van der Waals surface area contributed by atoms with Crippen molar-refractivity contribution < 1.29 is 14.4 Å². The lowest BCUT2D eigenvalue weighted by atomic mass is 10.2. The molecule has 3 amide bonds. The van der Waals surface area contributed by atoms with E-state index < -0.39 is 11.8 Å². The molecule has 0 spiro atoms. The first-order valence-corrected chi connectivity index (χ1v) is 7.24. The first kappa shape index (κ1) is 14.9. The van der Waals surface area contributed by atoms with Crippen molar-refractivity contribution in [3.8, 4) is 0 Å². The van der Waals surface area contributed by atoms with Gasteiger partial charge in [0.15, 0.2) is 0 Å². The molecular formula is C17H15N3O3. The number of fused-ring (bicyclic) bond motifs is 1. The lowest BCUT2D eigenvalue weighted by Crippen LogP contribution is -2.29. The Morgan fingerprint density at radius 3 is 2.61 bits per heavy atom. The number of carbonyl (C=O) groups excluding carboxylic acids is 3. The normalized spacial score (nSPS) is 13.4. The van der Waals surface area contributed by atoms with Gasteiger partial charge in [0.1, 0.15) is 5.69 Å². The van der Waals surface area contributed by atoms with E-state index in [0.29, 0.717) is 11.4 Å². The summed E-state index contributed by atoms with van der Waals surface area (Å²) in [4.78, 5) is 41.7. The van der Waals surface area contributed by atoms with E-state index in [1.165, 1.54) is 6.20 Å². The van der Waals surface area contributed by atoms with Gasteiger partial charge >= 0.3 is 0 Å². The average Bonchev–Trinajstić information content (AvgIpc) is 2.79. The van der Waals surface area contributed by atoms with Crippen molar-refractivity contribution in [1.82, 2.24) is 4.98 Å². The van der Waals surface area contributed by atoms with Gasteiger partial charge < -0.3 is 5.32 Å². The van der Waals surface area contributed by atoms with Crippen molar-refractivity contribution >= 4 is 29.1 Å². The maximum atomic E-state index is 12.4. The summed E-state index contributed by atoms with van der Waals surface area (Å²) in [5.74, 6) is -1.17. The number of rotatable bonds is 3. The van der Waals surface area contributed by atoms with E-state index in [4.69, 9.17) is 0 Å². The SMILES string of the molecule is CC(C)C(=O)Nc1cccc(N2C(=O)c3cccnc3C2=O)c1. The van der Waals surface area contributed by atoms with Crippen molar-refractivity contribution in [3.05, 3.63) is 53.9 Å². The molecule has 2 aromatic rings. The highest BCUT2D eigenvalue weighted by atomic mass is 16.2. The average molecular weight is 309 g/mol. The Morgan fingerprint density at radius 2 is 1.91 bits per heavy atom. The van der Waals surface area contributed by atoms with E-state index in [0.717, 1.165) is 4.90 Å². The van der Waals surface area contributed by atoms with Crippen LogP contribution in [0, 0.1) is 5.92 Å². The number of aromatic nitrogens is 1. The van der Waals surface area contributed by atoms with E-state index in [1.807, 2.05) is 0 Å². The summed E-state index contributed by atoms with van der Waals surface area (Å²) < 4.78 is 0. The van der Waals surface area contributed by atoms with E-state index in [2.05, 4.69) is 10.3 Å². The fraction of sp³-hybridized carbons (Fsp3) is 0.176. The van der Waals surface area contributed by atoms with Gasteiger partial charge in [-0.2, -0.15) is 0 Å². The largest absolute Gasteiger partial charge is 0.326 e. The Hall–Kier alpha value is -3.02. The van der Waals surface area contributed by atoms with Crippen LogP contribution in [0.5, 0.6) is 0 Å². The number of anilines is 2. The molecule has 23 heavy (non-hydrogen) atoms. The van der Waals surface area contributed by atoms with Gasteiger partial charge in [-0.25, -0.2) is 4.90 Å². The Morgan fingerprint density at radius 1 is 1.13 bits per heavy atom. The minimum Gasteiger partial charge on any atom is -0.326 e. The zero-order valence-electron chi connectivity index (χ0n) is 12.7. The summed E-state index contributed by atoms with van der Waals surface area (Å²) >= 11 is 0. The van der Waals surface area contributed by atoms with Gasteiger partial charge in [0.2, 0.25) is 5.91 Å². The lowest BCUT2D eigenvalue weighted by Gasteiger charge is -2.15. The summed E-state index contributed by atoms with van der Waals surface area (Å²) in [6, 6.07) is 9.83. The van der Waals surface area contributed by atoms with Gasteiger partial charge in [0, 0.05) is 17.8 Å². The summed E-state index contributed by atoms with van der Waals surface area (Å²) in [7, 11) is 0. The molecule has 6 heteroatoms. The van der Waals surface area contributed by atoms with Gasteiger partial charge in [-0.3, -0.25) is 19.4 Å². The molecule has 1 aromatic carbocycles. The molecule has 3 rings (SSSR count). The summed E-state index contributed by atoms with van der Waals surface area (Å²) in [6.45, 7) is 3.57. The van der Waals surface area contributed by atoms with Gasteiger partial charge in [-0.15, -0.1) is 0 Å². The molecule has 0 bridgehead atoms. The fourth-order valence-electron chi connectivity index (χ4n) is 2.31. The van der Waals surface area contributed by atoms with E-state index in [9.17, 15) is 14.4 Å². The molecule has 1 aliphatic rings. The highest BCUT2D eigenvalue weighted by Crippen LogP contribution is 2.28. The number of hydrogen-bond donors (Lipinski definition) is 1. The van der Waals surface area contributed by atoms with Crippen molar-refractivity contribution in [2.45, 2.75) is 13.8 Å². The van der Waals surface area contributed by atoms with Crippen LogP contribution in [-0.2, 0) is 4.79 Å². The zero-order chi connectivity index (χ0) is 16.6. The molecule has 6 nitrogen and oxygen atoms in total. The summed E-state index contributed by atoms with van der Waals surface area (Å²) in [6.07, 6.45) is 1.48. The number of hydrogen-bond acceptors (Lipinski definition) is 4. The maximum Gasteiger partial charge on any atom is 0.284 e. The Balaban J connectivity index is 1.93. The van der Waals surface area contributed by atoms with Crippen LogP contribution in [-0.4, -0.2) is 22.7 Å². The minimum atomic E-state index is -0.460. The predicted molar refractivity (Wildman–Crippen MR) is 85.3 cm³/mol. The second-order valence-corrected chi connectivity index (χ2v) is 5.54. The molecule has 0 saturated heterocycles. The van der Waals surface area contributed by atoms with Crippen LogP contribution in [0.25, 0.3) is 0 Å². The van der Waals surface area contributed by atoms with Gasteiger partial charge in [0.25, 0.3) is 11.8 Å². The van der Waals surface area contributed by atoms with Crippen molar-refractivity contribution in [2.75, 3.05) is 10.2 Å². The molecule has 0 atom stereocenters. The van der Waals surface area contributed by atoms with Crippen LogP contribution in [0.15, 0.2) is 42.6 Å². The van der Waals surface area contributed by atoms with Crippen LogP contribution < -0.4 is 10.2 Å². The lowest BCUT2D eigenvalue weighted by molar-refractivity contribution is -0.118. The van der Waals surface area contributed by atoms with E-state index >= 15 is 0 Å². The molecule has 116 valence electrons. The van der Waals surface area contributed by atoms with Gasteiger partial charge in [-0.1, -0.05) is 19.9 Å². The molecule has 0 saturated carbocycles. The first-order valence-electron chi connectivity index (χ1n) is 7.24. The van der Waals surface area contributed by atoms with E-state index in [-0.39, 0.29) is 23.1 Å². The highest BCUT2D eigenvalue weighted by molar-refractivity contribution is 6.33. The van der Waals surface area contributed by atoms with Crippen LogP contribution in [0.1, 0.15) is 34.7 Å². The number of carbonyl (C=O) groups is 3. The second kappa shape index (κ2) is 5.64. The number of pyridine rings is 1. The van der Waals surface area contributed by atoms with Crippen LogP contribution in [0.2, 0.25) is 0 Å². The van der Waals surface area contributed by atoms with Crippen molar-refractivity contribution in [2.24, 2.45) is 5.92 Å². The standard InChI is InChI=1S/C17H15N3O3/c1-10(2)15(21)19-11-5-3-6-12(9-11)20-16(22)13-7-4-8-18-14(13)17(20)23/h3-10H,1-2H3,(H,19,21). The molecule has 0 fully saturated rings. The number of amides is 3. The topological polar surface area (TPSA) is 79.4 Å².